The standard InChI is InChI=1S/C12H21ClN4O/c1-4-6-15-11(18)5-7-14-8-10-9(2)16-17(3)12(10)13/h14H,4-8H2,1-3H3,(H,15,18). The van der Waals surface area contributed by atoms with E-state index < -0.39 is 0 Å². The SMILES string of the molecule is CCCNC(=O)CCNCc1c(C)nn(C)c1Cl. The summed E-state index contributed by atoms with van der Waals surface area (Å²) in [7, 11) is 1.82. The van der Waals surface area contributed by atoms with Gasteiger partial charge in [0.15, 0.2) is 0 Å². The van der Waals surface area contributed by atoms with Gasteiger partial charge < -0.3 is 10.6 Å². The summed E-state index contributed by atoms with van der Waals surface area (Å²) in [5.74, 6) is 0.0818. The molecule has 102 valence electrons. The highest BCUT2D eigenvalue weighted by Crippen LogP contribution is 2.17. The van der Waals surface area contributed by atoms with Crippen molar-refractivity contribution >= 4 is 17.5 Å². The molecule has 0 aliphatic rings. The van der Waals surface area contributed by atoms with Gasteiger partial charge in [-0.3, -0.25) is 9.48 Å². The van der Waals surface area contributed by atoms with Crippen molar-refractivity contribution in [1.82, 2.24) is 20.4 Å². The van der Waals surface area contributed by atoms with Crippen molar-refractivity contribution in [3.05, 3.63) is 16.4 Å². The molecule has 0 aromatic carbocycles. The molecule has 18 heavy (non-hydrogen) atoms. The maximum Gasteiger partial charge on any atom is 0.221 e. The van der Waals surface area contributed by atoms with E-state index in [0.29, 0.717) is 24.7 Å². The van der Waals surface area contributed by atoms with E-state index in [4.69, 9.17) is 11.6 Å². The highest BCUT2D eigenvalue weighted by Gasteiger charge is 2.10. The van der Waals surface area contributed by atoms with E-state index >= 15 is 0 Å². The lowest BCUT2D eigenvalue weighted by atomic mass is 10.2. The highest BCUT2D eigenvalue weighted by atomic mass is 35.5. The van der Waals surface area contributed by atoms with Crippen molar-refractivity contribution in [2.24, 2.45) is 7.05 Å². The van der Waals surface area contributed by atoms with Crippen molar-refractivity contribution in [3.8, 4) is 0 Å². The van der Waals surface area contributed by atoms with Crippen molar-refractivity contribution in [1.29, 1.82) is 0 Å². The molecular formula is C12H21ClN4O. The Bertz CT molecular complexity index is 403. The Morgan fingerprint density at radius 2 is 2.17 bits per heavy atom. The number of carbonyl (C=O) groups is 1. The van der Waals surface area contributed by atoms with Crippen LogP contribution in [0.2, 0.25) is 5.15 Å². The number of carbonyl (C=O) groups excluding carboxylic acids is 1. The molecule has 1 aromatic rings. The number of nitrogens with one attached hydrogen (secondary N) is 2. The van der Waals surface area contributed by atoms with Crippen LogP contribution in [0, 0.1) is 6.92 Å². The second-order valence-corrected chi connectivity index (χ2v) is 4.61. The molecule has 0 saturated heterocycles. The largest absolute Gasteiger partial charge is 0.356 e. The first kappa shape index (κ1) is 15.0. The van der Waals surface area contributed by atoms with E-state index in [9.17, 15) is 4.79 Å². The van der Waals surface area contributed by atoms with Crippen LogP contribution in [0.15, 0.2) is 0 Å². The van der Waals surface area contributed by atoms with Gasteiger partial charge in [-0.1, -0.05) is 18.5 Å². The zero-order chi connectivity index (χ0) is 13.5. The van der Waals surface area contributed by atoms with Crippen LogP contribution in [0.3, 0.4) is 0 Å². The fourth-order valence-corrected chi connectivity index (χ4v) is 1.88. The summed E-state index contributed by atoms with van der Waals surface area (Å²) in [4.78, 5) is 11.4. The van der Waals surface area contributed by atoms with Crippen LogP contribution < -0.4 is 10.6 Å². The first-order valence-electron chi connectivity index (χ1n) is 6.21. The summed E-state index contributed by atoms with van der Waals surface area (Å²) < 4.78 is 1.65. The zero-order valence-electron chi connectivity index (χ0n) is 11.2. The number of aromatic nitrogens is 2. The van der Waals surface area contributed by atoms with Gasteiger partial charge in [0.2, 0.25) is 5.91 Å². The molecule has 0 unspecified atom stereocenters. The molecule has 0 bridgehead atoms. The van der Waals surface area contributed by atoms with Crippen molar-refractivity contribution in [2.75, 3.05) is 13.1 Å². The molecular weight excluding hydrogens is 252 g/mol. The van der Waals surface area contributed by atoms with Crippen LogP contribution in [0.5, 0.6) is 0 Å². The first-order chi connectivity index (χ1) is 8.56. The molecule has 1 aromatic heterocycles. The van der Waals surface area contributed by atoms with E-state index in [0.717, 1.165) is 24.2 Å². The number of nitrogens with zero attached hydrogens (tertiary/aromatic N) is 2. The number of aryl methyl sites for hydroxylation is 2. The van der Waals surface area contributed by atoms with E-state index in [1.54, 1.807) is 4.68 Å². The predicted octanol–water partition coefficient (Wildman–Crippen LogP) is 1.39. The molecule has 5 nitrogen and oxygen atoms in total. The quantitative estimate of drug-likeness (QED) is 0.738. The Morgan fingerprint density at radius 3 is 2.72 bits per heavy atom. The smallest absolute Gasteiger partial charge is 0.221 e. The molecule has 0 aliphatic heterocycles. The summed E-state index contributed by atoms with van der Waals surface area (Å²) in [6.45, 7) is 5.98. The lowest BCUT2D eigenvalue weighted by molar-refractivity contribution is -0.120. The monoisotopic (exact) mass is 272 g/mol. The molecule has 1 heterocycles. The van der Waals surface area contributed by atoms with Gasteiger partial charge in [0.25, 0.3) is 0 Å². The minimum absolute atomic E-state index is 0.0818. The summed E-state index contributed by atoms with van der Waals surface area (Å²) >= 11 is 6.11. The third-order valence-electron chi connectivity index (χ3n) is 2.67. The van der Waals surface area contributed by atoms with Crippen LogP contribution >= 0.6 is 11.6 Å². The van der Waals surface area contributed by atoms with E-state index in [-0.39, 0.29) is 5.91 Å². The Balaban J connectivity index is 2.27. The molecule has 0 spiro atoms. The number of amides is 1. The van der Waals surface area contributed by atoms with Crippen LogP contribution in [0.25, 0.3) is 0 Å². The van der Waals surface area contributed by atoms with Crippen LogP contribution in [0.1, 0.15) is 31.0 Å². The Kier molecular flexibility index (Phi) is 6.15. The maximum absolute atomic E-state index is 11.4. The minimum atomic E-state index is 0.0818. The van der Waals surface area contributed by atoms with Gasteiger partial charge in [-0.25, -0.2) is 0 Å². The second-order valence-electron chi connectivity index (χ2n) is 4.26. The van der Waals surface area contributed by atoms with Crippen LogP contribution in [-0.4, -0.2) is 28.8 Å². The average Bonchev–Trinajstić information content (AvgIpc) is 2.57. The first-order valence-corrected chi connectivity index (χ1v) is 6.59. The normalized spacial score (nSPS) is 10.7. The van der Waals surface area contributed by atoms with E-state index in [1.807, 2.05) is 20.9 Å². The topological polar surface area (TPSA) is 59.0 Å². The Labute approximate surface area is 113 Å². The average molecular weight is 273 g/mol. The summed E-state index contributed by atoms with van der Waals surface area (Å²) in [6.07, 6.45) is 1.45. The van der Waals surface area contributed by atoms with Crippen LogP contribution in [-0.2, 0) is 18.4 Å². The third kappa shape index (κ3) is 4.31. The number of halogens is 1. The fourth-order valence-electron chi connectivity index (χ4n) is 1.64. The number of rotatable bonds is 7. The molecule has 0 fully saturated rings. The van der Waals surface area contributed by atoms with Crippen molar-refractivity contribution in [3.63, 3.8) is 0 Å². The molecule has 0 aliphatic carbocycles. The molecule has 6 heteroatoms. The number of hydrogen-bond acceptors (Lipinski definition) is 3. The van der Waals surface area contributed by atoms with Crippen LogP contribution in [0.4, 0.5) is 0 Å². The lowest BCUT2D eigenvalue weighted by Gasteiger charge is -2.05. The second kappa shape index (κ2) is 7.38. The maximum atomic E-state index is 11.4. The van der Waals surface area contributed by atoms with Gasteiger partial charge in [-0.05, 0) is 13.3 Å². The minimum Gasteiger partial charge on any atom is -0.356 e. The predicted molar refractivity (Wildman–Crippen MR) is 72.6 cm³/mol. The third-order valence-corrected chi connectivity index (χ3v) is 3.15. The Hall–Kier alpha value is -1.07. The summed E-state index contributed by atoms with van der Waals surface area (Å²) in [5, 5.41) is 10.9. The molecule has 0 atom stereocenters. The molecule has 0 saturated carbocycles. The molecule has 1 amide bonds. The van der Waals surface area contributed by atoms with Gasteiger partial charge in [0.1, 0.15) is 5.15 Å². The molecule has 1 rings (SSSR count). The summed E-state index contributed by atoms with van der Waals surface area (Å²) in [5.41, 5.74) is 1.92. The van der Waals surface area contributed by atoms with Gasteiger partial charge >= 0.3 is 0 Å². The van der Waals surface area contributed by atoms with Gasteiger partial charge in [-0.15, -0.1) is 0 Å². The number of hydrogen-bond donors (Lipinski definition) is 2. The van der Waals surface area contributed by atoms with Crippen molar-refractivity contribution in [2.45, 2.75) is 33.2 Å². The lowest BCUT2D eigenvalue weighted by Crippen LogP contribution is -2.28. The molecule has 2 N–H and O–H groups in total. The van der Waals surface area contributed by atoms with E-state index in [1.165, 1.54) is 0 Å². The highest BCUT2D eigenvalue weighted by molar-refractivity contribution is 6.30. The van der Waals surface area contributed by atoms with Gasteiger partial charge in [0.05, 0.1) is 5.69 Å². The zero-order valence-corrected chi connectivity index (χ0v) is 12.0. The van der Waals surface area contributed by atoms with Crippen molar-refractivity contribution < 1.29 is 4.79 Å². The van der Waals surface area contributed by atoms with Gasteiger partial charge in [0, 0.05) is 38.7 Å². The summed E-state index contributed by atoms with van der Waals surface area (Å²) in [6, 6.07) is 0. The molecule has 0 radical (unpaired) electrons. The fraction of sp³-hybridized carbons (Fsp3) is 0.667. The Morgan fingerprint density at radius 1 is 1.44 bits per heavy atom. The van der Waals surface area contributed by atoms with Gasteiger partial charge in [-0.2, -0.15) is 5.10 Å². The van der Waals surface area contributed by atoms with E-state index in [2.05, 4.69) is 15.7 Å².